The Bertz CT molecular complexity index is 385. The highest BCUT2D eigenvalue weighted by Crippen LogP contribution is 2.06. The first-order valence-electron chi connectivity index (χ1n) is 4.98. The summed E-state index contributed by atoms with van der Waals surface area (Å²) in [7, 11) is 1.53. The molecule has 1 unspecified atom stereocenters. The molecule has 0 saturated carbocycles. The predicted octanol–water partition coefficient (Wildman–Crippen LogP) is 2.14. The maximum absolute atomic E-state index is 10.6. The van der Waals surface area contributed by atoms with Crippen molar-refractivity contribution in [3.63, 3.8) is 0 Å². The Balaban J connectivity index is 3.01. The van der Waals surface area contributed by atoms with Crippen LogP contribution >= 0.6 is 0 Å². The topological polar surface area (TPSA) is 38.7 Å². The van der Waals surface area contributed by atoms with E-state index in [1.807, 2.05) is 31.2 Å². The van der Waals surface area contributed by atoms with Crippen molar-refractivity contribution in [3.05, 3.63) is 48.0 Å². The van der Waals surface area contributed by atoms with Crippen LogP contribution in [0.1, 0.15) is 11.1 Å². The van der Waals surface area contributed by atoms with Crippen LogP contribution in [-0.4, -0.2) is 25.3 Å². The molecule has 0 aliphatic rings. The van der Waals surface area contributed by atoms with E-state index in [2.05, 4.69) is 11.6 Å². The fourth-order valence-corrected chi connectivity index (χ4v) is 1.22. The van der Waals surface area contributed by atoms with Crippen LogP contribution in [0.5, 0.6) is 0 Å². The second kappa shape index (κ2) is 5.85. The van der Waals surface area contributed by atoms with E-state index in [-0.39, 0.29) is 0 Å². The number of aryl methyl sites for hydroxylation is 1. The fourth-order valence-electron chi connectivity index (χ4n) is 1.22. The minimum absolute atomic E-state index is 0.442. The second-order valence-electron chi connectivity index (χ2n) is 3.37. The summed E-state index contributed by atoms with van der Waals surface area (Å²) in [5.41, 5.74) is 2.01. The van der Waals surface area contributed by atoms with Gasteiger partial charge in [-0.05, 0) is 19.1 Å². The highest BCUT2D eigenvalue weighted by molar-refractivity contribution is 5.95. The number of methoxy groups -OCH3 is 1. The molecule has 16 heavy (non-hydrogen) atoms. The normalized spacial score (nSPS) is 13.0. The first-order chi connectivity index (χ1) is 7.71. The van der Waals surface area contributed by atoms with Gasteiger partial charge in [-0.1, -0.05) is 23.8 Å². The van der Waals surface area contributed by atoms with E-state index in [0.717, 1.165) is 17.4 Å². The van der Waals surface area contributed by atoms with Crippen molar-refractivity contribution in [1.82, 2.24) is 0 Å². The van der Waals surface area contributed by atoms with Crippen LogP contribution in [0.2, 0.25) is 0 Å². The summed E-state index contributed by atoms with van der Waals surface area (Å²) in [6, 6.07) is 7.18. The Kier molecular flexibility index (Phi) is 4.45. The molecule has 1 aromatic carbocycles. The SMILES string of the molecule is C=CC(C=O)/N=C(\OC)c1ccc(C)cc1. The number of aldehydes is 1. The van der Waals surface area contributed by atoms with Gasteiger partial charge in [0, 0.05) is 5.56 Å². The van der Waals surface area contributed by atoms with Crippen molar-refractivity contribution < 1.29 is 9.53 Å². The fraction of sp³-hybridized carbons (Fsp3) is 0.231. The molecule has 0 aromatic heterocycles. The van der Waals surface area contributed by atoms with Crippen molar-refractivity contribution in [2.45, 2.75) is 13.0 Å². The maximum Gasteiger partial charge on any atom is 0.216 e. The van der Waals surface area contributed by atoms with E-state index in [1.54, 1.807) is 0 Å². The molecule has 0 spiro atoms. The summed E-state index contributed by atoms with van der Waals surface area (Å²) in [6.45, 7) is 5.54. The zero-order valence-corrected chi connectivity index (χ0v) is 9.51. The third-order valence-corrected chi connectivity index (χ3v) is 2.14. The first-order valence-corrected chi connectivity index (χ1v) is 4.98. The molecular weight excluding hydrogens is 202 g/mol. The van der Waals surface area contributed by atoms with Crippen molar-refractivity contribution in [2.24, 2.45) is 4.99 Å². The Hall–Kier alpha value is -1.90. The molecule has 0 saturated heterocycles. The van der Waals surface area contributed by atoms with E-state index >= 15 is 0 Å². The third-order valence-electron chi connectivity index (χ3n) is 2.14. The van der Waals surface area contributed by atoms with Crippen LogP contribution < -0.4 is 0 Å². The molecule has 3 nitrogen and oxygen atoms in total. The predicted molar refractivity (Wildman–Crippen MR) is 64.8 cm³/mol. The Morgan fingerprint density at radius 1 is 1.44 bits per heavy atom. The van der Waals surface area contributed by atoms with E-state index < -0.39 is 6.04 Å². The summed E-state index contributed by atoms with van der Waals surface area (Å²) in [5.74, 6) is 0.442. The molecule has 1 aromatic rings. The average Bonchev–Trinajstić information content (AvgIpc) is 2.32. The van der Waals surface area contributed by atoms with Crippen molar-refractivity contribution in [1.29, 1.82) is 0 Å². The van der Waals surface area contributed by atoms with Gasteiger partial charge in [0.15, 0.2) is 0 Å². The number of ether oxygens (including phenoxy) is 1. The number of hydrogen-bond donors (Lipinski definition) is 0. The molecule has 0 heterocycles. The quantitative estimate of drug-likeness (QED) is 0.335. The lowest BCUT2D eigenvalue weighted by molar-refractivity contribution is -0.108. The van der Waals surface area contributed by atoms with Crippen molar-refractivity contribution in [3.8, 4) is 0 Å². The zero-order valence-electron chi connectivity index (χ0n) is 9.51. The molecule has 0 aliphatic heterocycles. The Labute approximate surface area is 95.5 Å². The number of carbonyl (C=O) groups is 1. The largest absolute Gasteiger partial charge is 0.481 e. The number of aliphatic imine (C=N–C) groups is 1. The number of hydrogen-bond acceptors (Lipinski definition) is 3. The minimum Gasteiger partial charge on any atom is -0.481 e. The van der Waals surface area contributed by atoms with Gasteiger partial charge in [0.05, 0.1) is 7.11 Å². The van der Waals surface area contributed by atoms with Gasteiger partial charge in [-0.15, -0.1) is 6.58 Å². The van der Waals surface area contributed by atoms with Crippen LogP contribution in [0.4, 0.5) is 0 Å². The van der Waals surface area contributed by atoms with Crippen LogP contribution in [0.3, 0.4) is 0 Å². The second-order valence-corrected chi connectivity index (χ2v) is 3.37. The van der Waals surface area contributed by atoms with Crippen LogP contribution in [0.15, 0.2) is 41.9 Å². The standard InChI is InChI=1S/C13H15NO2/c1-4-12(9-15)14-13(16-3)11-7-5-10(2)6-8-11/h4-9,12H,1H2,2-3H3/b14-13-. The molecule has 3 heteroatoms. The number of nitrogens with zero attached hydrogens (tertiary/aromatic N) is 1. The maximum atomic E-state index is 10.6. The van der Waals surface area contributed by atoms with Gasteiger partial charge in [-0.3, -0.25) is 0 Å². The molecular formula is C13H15NO2. The summed E-state index contributed by atoms with van der Waals surface area (Å²) < 4.78 is 5.15. The first kappa shape index (κ1) is 12.2. The van der Waals surface area contributed by atoms with Crippen molar-refractivity contribution >= 4 is 12.2 Å². The van der Waals surface area contributed by atoms with Crippen LogP contribution in [0.25, 0.3) is 0 Å². The molecule has 0 N–H and O–H groups in total. The summed E-state index contributed by atoms with van der Waals surface area (Å²) in [4.78, 5) is 14.8. The van der Waals surface area contributed by atoms with E-state index in [9.17, 15) is 4.79 Å². The average molecular weight is 217 g/mol. The molecule has 1 rings (SSSR count). The van der Waals surface area contributed by atoms with Gasteiger partial charge in [0.25, 0.3) is 0 Å². The highest BCUT2D eigenvalue weighted by atomic mass is 16.5. The lowest BCUT2D eigenvalue weighted by Crippen LogP contribution is -2.10. The smallest absolute Gasteiger partial charge is 0.216 e. The van der Waals surface area contributed by atoms with E-state index in [0.29, 0.717) is 5.90 Å². The molecule has 0 amide bonds. The number of rotatable bonds is 4. The lowest BCUT2D eigenvalue weighted by atomic mass is 10.1. The molecule has 0 bridgehead atoms. The number of carbonyl (C=O) groups excluding carboxylic acids is 1. The summed E-state index contributed by atoms with van der Waals surface area (Å²) >= 11 is 0. The highest BCUT2D eigenvalue weighted by Gasteiger charge is 2.06. The summed E-state index contributed by atoms with van der Waals surface area (Å²) in [6.07, 6.45) is 2.19. The molecule has 84 valence electrons. The van der Waals surface area contributed by atoms with Gasteiger partial charge < -0.3 is 9.53 Å². The van der Waals surface area contributed by atoms with Crippen LogP contribution in [-0.2, 0) is 9.53 Å². The Morgan fingerprint density at radius 2 is 2.06 bits per heavy atom. The van der Waals surface area contributed by atoms with Crippen LogP contribution in [0, 0.1) is 6.92 Å². The lowest BCUT2D eigenvalue weighted by Gasteiger charge is -2.07. The van der Waals surface area contributed by atoms with E-state index in [1.165, 1.54) is 13.2 Å². The molecule has 1 atom stereocenters. The van der Waals surface area contributed by atoms with Gasteiger partial charge in [0.2, 0.25) is 5.90 Å². The minimum atomic E-state index is -0.559. The van der Waals surface area contributed by atoms with Gasteiger partial charge in [0.1, 0.15) is 12.3 Å². The number of benzene rings is 1. The molecule has 0 radical (unpaired) electrons. The van der Waals surface area contributed by atoms with Gasteiger partial charge in [-0.25, -0.2) is 4.99 Å². The monoisotopic (exact) mass is 217 g/mol. The third kappa shape index (κ3) is 3.05. The van der Waals surface area contributed by atoms with Gasteiger partial charge >= 0.3 is 0 Å². The molecule has 0 aliphatic carbocycles. The van der Waals surface area contributed by atoms with Gasteiger partial charge in [-0.2, -0.15) is 0 Å². The summed E-state index contributed by atoms with van der Waals surface area (Å²) in [5, 5.41) is 0. The van der Waals surface area contributed by atoms with Crippen molar-refractivity contribution in [2.75, 3.05) is 7.11 Å². The van der Waals surface area contributed by atoms with E-state index in [4.69, 9.17) is 4.74 Å². The zero-order chi connectivity index (χ0) is 12.0. The molecule has 0 fully saturated rings. The Morgan fingerprint density at radius 3 is 2.50 bits per heavy atom.